The molecule has 3 aromatic heterocycles. The minimum absolute atomic E-state index is 0.0160. The van der Waals surface area contributed by atoms with Gasteiger partial charge < -0.3 is 15.1 Å². The number of hydrogen-bond donors (Lipinski definition) is 1. The normalized spacial score (nSPS) is 14.0. The smallest absolute Gasteiger partial charge is 0.338 e. The molecule has 1 aliphatic rings. The highest BCUT2D eigenvalue weighted by Crippen LogP contribution is 2.27. The monoisotopic (exact) mass is 554 g/mol. The zero-order chi connectivity index (χ0) is 28.6. The van der Waals surface area contributed by atoms with Gasteiger partial charge in [-0.2, -0.15) is 23.4 Å². The molecule has 1 aliphatic heterocycles. The van der Waals surface area contributed by atoms with Crippen LogP contribution in [0.1, 0.15) is 32.4 Å². The lowest BCUT2D eigenvalue weighted by Crippen LogP contribution is -2.51. The van der Waals surface area contributed by atoms with Crippen molar-refractivity contribution in [1.82, 2.24) is 34.3 Å². The van der Waals surface area contributed by atoms with E-state index in [-0.39, 0.29) is 24.1 Å². The third kappa shape index (κ3) is 5.65. The number of halogens is 3. The molecule has 0 spiro atoms. The second kappa shape index (κ2) is 10.4. The Labute approximate surface area is 226 Å². The van der Waals surface area contributed by atoms with Crippen LogP contribution in [0.3, 0.4) is 0 Å². The Bertz CT molecular complexity index is 1580. The molecule has 3 amide bonds. The van der Waals surface area contributed by atoms with E-state index in [4.69, 9.17) is 0 Å². The summed E-state index contributed by atoms with van der Waals surface area (Å²) in [5.74, 6) is -1.11. The molecule has 1 saturated heterocycles. The van der Waals surface area contributed by atoms with E-state index >= 15 is 0 Å². The number of alkyl halides is 3. The van der Waals surface area contributed by atoms with Crippen molar-refractivity contribution < 1.29 is 27.6 Å². The van der Waals surface area contributed by atoms with Crippen molar-refractivity contribution in [2.75, 3.05) is 31.5 Å². The Kier molecular flexibility index (Phi) is 7.00. The highest BCUT2D eigenvalue weighted by molar-refractivity contribution is 6.03. The molecule has 0 unspecified atom stereocenters. The van der Waals surface area contributed by atoms with Crippen molar-refractivity contribution in [1.29, 1.82) is 0 Å². The quantitative estimate of drug-likeness (QED) is 0.406. The molecule has 0 saturated carbocycles. The maximum absolute atomic E-state index is 12.9. The van der Waals surface area contributed by atoms with E-state index in [0.717, 1.165) is 17.8 Å². The van der Waals surface area contributed by atoms with Crippen LogP contribution in [0.4, 0.5) is 18.9 Å². The average molecular weight is 555 g/mol. The minimum Gasteiger partial charge on any atom is -0.338 e. The van der Waals surface area contributed by atoms with Crippen LogP contribution in [-0.4, -0.2) is 78.2 Å². The summed E-state index contributed by atoms with van der Waals surface area (Å²) in [6, 6.07) is 9.65. The number of nitrogens with one attached hydrogen (secondary N) is 1. The topological polar surface area (TPSA) is 118 Å². The van der Waals surface area contributed by atoms with Gasteiger partial charge in [0.2, 0.25) is 5.91 Å². The summed E-state index contributed by atoms with van der Waals surface area (Å²) >= 11 is 0. The number of fused-ring (bicyclic) bond motifs is 1. The van der Waals surface area contributed by atoms with E-state index in [1.54, 1.807) is 52.0 Å². The lowest BCUT2D eigenvalue weighted by atomic mass is 10.2. The number of pyridine rings is 1. The average Bonchev–Trinajstić information content (AvgIpc) is 3.49. The molecule has 5 rings (SSSR count). The fourth-order valence-electron chi connectivity index (χ4n) is 4.37. The van der Waals surface area contributed by atoms with Crippen molar-refractivity contribution in [3.8, 4) is 0 Å². The number of aromatic nitrogens is 5. The molecular formula is C26H25F3N8O3. The minimum atomic E-state index is -4.66. The van der Waals surface area contributed by atoms with Crippen molar-refractivity contribution in [3.63, 3.8) is 0 Å². The molecule has 1 N–H and O–H groups in total. The SMILES string of the molecule is Cc1cc(C(=O)N2CCN(C(=O)Cn3cc4cc(NC(=O)c5cccc(C(F)(F)F)n5)ccc4n3)CC2)nn1C. The van der Waals surface area contributed by atoms with Crippen molar-refractivity contribution >= 4 is 34.3 Å². The fourth-order valence-corrected chi connectivity index (χ4v) is 4.37. The Morgan fingerprint density at radius 2 is 1.68 bits per heavy atom. The zero-order valence-corrected chi connectivity index (χ0v) is 21.6. The van der Waals surface area contributed by atoms with Gasteiger partial charge in [0.05, 0.1) is 5.52 Å². The summed E-state index contributed by atoms with van der Waals surface area (Å²) in [5.41, 5.74) is 0.650. The van der Waals surface area contributed by atoms with Crippen LogP contribution in [-0.2, 0) is 24.6 Å². The summed E-state index contributed by atoms with van der Waals surface area (Å²) in [6.45, 7) is 3.41. The van der Waals surface area contributed by atoms with Gasteiger partial charge in [0.25, 0.3) is 11.8 Å². The number of amides is 3. The molecule has 208 valence electrons. The van der Waals surface area contributed by atoms with E-state index in [9.17, 15) is 27.6 Å². The van der Waals surface area contributed by atoms with Crippen LogP contribution in [0.25, 0.3) is 10.9 Å². The molecule has 14 heteroatoms. The zero-order valence-electron chi connectivity index (χ0n) is 21.6. The van der Waals surface area contributed by atoms with Crippen molar-refractivity contribution in [3.05, 3.63) is 71.4 Å². The van der Waals surface area contributed by atoms with Crippen LogP contribution in [0, 0.1) is 6.92 Å². The van der Waals surface area contributed by atoms with Crippen LogP contribution in [0.2, 0.25) is 0 Å². The Morgan fingerprint density at radius 1 is 0.950 bits per heavy atom. The van der Waals surface area contributed by atoms with Gasteiger partial charge in [-0.1, -0.05) is 6.07 Å². The van der Waals surface area contributed by atoms with Gasteiger partial charge in [-0.3, -0.25) is 23.7 Å². The lowest BCUT2D eigenvalue weighted by molar-refractivity contribution is -0.141. The first-order chi connectivity index (χ1) is 19.0. The molecular weight excluding hydrogens is 529 g/mol. The van der Waals surface area contributed by atoms with E-state index in [1.807, 2.05) is 6.92 Å². The third-order valence-electron chi connectivity index (χ3n) is 6.63. The molecule has 4 heterocycles. The highest BCUT2D eigenvalue weighted by atomic mass is 19.4. The third-order valence-corrected chi connectivity index (χ3v) is 6.63. The molecule has 1 aromatic carbocycles. The number of benzene rings is 1. The Hall–Kier alpha value is -4.75. The summed E-state index contributed by atoms with van der Waals surface area (Å²) in [4.78, 5) is 44.9. The number of carbonyl (C=O) groups excluding carboxylic acids is 3. The van der Waals surface area contributed by atoms with Gasteiger partial charge in [-0.15, -0.1) is 0 Å². The summed E-state index contributed by atoms with van der Waals surface area (Å²) < 4.78 is 41.9. The van der Waals surface area contributed by atoms with Gasteiger partial charge in [-0.05, 0) is 43.3 Å². The number of nitrogens with zero attached hydrogens (tertiary/aromatic N) is 7. The molecule has 11 nitrogen and oxygen atoms in total. The predicted molar refractivity (Wildman–Crippen MR) is 137 cm³/mol. The largest absolute Gasteiger partial charge is 0.433 e. The maximum atomic E-state index is 12.9. The summed E-state index contributed by atoms with van der Waals surface area (Å²) in [7, 11) is 1.77. The van der Waals surface area contributed by atoms with Gasteiger partial charge in [0.1, 0.15) is 17.9 Å². The number of carbonyl (C=O) groups is 3. The first-order valence-electron chi connectivity index (χ1n) is 12.4. The van der Waals surface area contributed by atoms with E-state index in [1.165, 1.54) is 10.7 Å². The Balaban J connectivity index is 1.19. The standard InChI is InChI=1S/C26H25F3N8O3/c1-16-12-21(32-34(16)2)25(40)36-10-8-35(9-11-36)23(38)15-37-14-17-13-18(6-7-19(17)33-37)30-24(39)20-4-3-5-22(31-20)26(27,28)29/h3-7,12-14H,8-11,15H2,1-2H3,(H,30,39). The van der Waals surface area contributed by atoms with Gasteiger partial charge in [0, 0.05) is 56.2 Å². The van der Waals surface area contributed by atoms with E-state index in [2.05, 4.69) is 20.5 Å². The van der Waals surface area contributed by atoms with Gasteiger partial charge in [0.15, 0.2) is 5.69 Å². The number of aryl methyl sites for hydroxylation is 2. The number of hydrogen-bond acceptors (Lipinski definition) is 6. The molecule has 40 heavy (non-hydrogen) atoms. The number of anilines is 1. The molecule has 1 fully saturated rings. The van der Waals surface area contributed by atoms with Gasteiger partial charge >= 0.3 is 6.18 Å². The molecule has 0 aliphatic carbocycles. The van der Waals surface area contributed by atoms with Gasteiger partial charge in [-0.25, -0.2) is 4.98 Å². The van der Waals surface area contributed by atoms with E-state index in [0.29, 0.717) is 48.5 Å². The second-order valence-corrected chi connectivity index (χ2v) is 9.43. The van der Waals surface area contributed by atoms with Crippen LogP contribution in [0.15, 0.2) is 48.7 Å². The first-order valence-corrected chi connectivity index (χ1v) is 12.4. The summed E-state index contributed by atoms with van der Waals surface area (Å²) in [6.07, 6.45) is -3.01. The van der Waals surface area contributed by atoms with Crippen LogP contribution < -0.4 is 5.32 Å². The second-order valence-electron chi connectivity index (χ2n) is 9.43. The number of rotatable bonds is 5. The van der Waals surface area contributed by atoms with Crippen molar-refractivity contribution in [2.45, 2.75) is 19.6 Å². The Morgan fingerprint density at radius 3 is 2.35 bits per heavy atom. The van der Waals surface area contributed by atoms with Crippen LogP contribution in [0.5, 0.6) is 0 Å². The maximum Gasteiger partial charge on any atom is 0.433 e. The molecule has 0 radical (unpaired) electrons. The fraction of sp³-hybridized carbons (Fsp3) is 0.308. The predicted octanol–water partition coefficient (Wildman–Crippen LogP) is 2.73. The molecule has 0 bridgehead atoms. The van der Waals surface area contributed by atoms with Crippen LogP contribution >= 0.6 is 0 Å². The molecule has 0 atom stereocenters. The lowest BCUT2D eigenvalue weighted by Gasteiger charge is -2.34. The van der Waals surface area contributed by atoms with Crippen molar-refractivity contribution in [2.24, 2.45) is 7.05 Å². The van der Waals surface area contributed by atoms with E-state index < -0.39 is 17.8 Å². The molecule has 4 aromatic rings. The first kappa shape index (κ1) is 26.8. The number of piperazine rings is 1. The summed E-state index contributed by atoms with van der Waals surface area (Å²) in [5, 5.41) is 11.8. The highest BCUT2D eigenvalue weighted by Gasteiger charge is 2.33.